The number of hydrogen-bond donors (Lipinski definition) is 0. The Hall–Kier alpha value is -1.41. The van der Waals surface area contributed by atoms with E-state index in [-0.39, 0.29) is 4.75 Å². The first kappa shape index (κ1) is 14.0. The topological polar surface area (TPSA) is 3.24 Å². The van der Waals surface area contributed by atoms with E-state index in [2.05, 4.69) is 64.6 Å². The molecule has 2 heteroatoms. The van der Waals surface area contributed by atoms with Crippen LogP contribution < -0.4 is 4.90 Å². The molecule has 0 fully saturated rings. The summed E-state index contributed by atoms with van der Waals surface area (Å²) in [6.45, 7) is 18.8. The molecular weight excluding hydrogens is 250 g/mol. The number of rotatable bonds is 2. The summed E-state index contributed by atoms with van der Waals surface area (Å²) in [5.41, 5.74) is 5.70. The first-order chi connectivity index (χ1) is 8.79. The van der Waals surface area contributed by atoms with Crippen LogP contribution in [0, 0.1) is 6.92 Å². The minimum atomic E-state index is 0.0176. The van der Waals surface area contributed by atoms with E-state index >= 15 is 0 Å². The summed E-state index contributed by atoms with van der Waals surface area (Å²) in [5, 5.41) is 0. The third-order valence-corrected chi connectivity index (χ3v) is 5.01. The van der Waals surface area contributed by atoms with E-state index in [0.717, 1.165) is 11.3 Å². The largest absolute Gasteiger partial charge is 0.346 e. The standard InChI is InChI=1S/C17H21NS/c1-8-11(2)15-12(3)9-10-14-16(15)18(7)13(4)17(5,6)19-14/h8-10H,1-2,4H2,3,5-7H3. The molecular formula is C17H21NS. The highest BCUT2D eigenvalue weighted by atomic mass is 32.2. The lowest BCUT2D eigenvalue weighted by Gasteiger charge is -2.41. The molecule has 0 N–H and O–H groups in total. The zero-order valence-corrected chi connectivity index (χ0v) is 13.0. The van der Waals surface area contributed by atoms with Gasteiger partial charge in [0.1, 0.15) is 0 Å². The van der Waals surface area contributed by atoms with Crippen molar-refractivity contribution in [2.45, 2.75) is 30.4 Å². The Labute approximate surface area is 120 Å². The molecule has 1 heterocycles. The van der Waals surface area contributed by atoms with E-state index in [1.54, 1.807) is 0 Å². The molecule has 1 nitrogen and oxygen atoms in total. The summed E-state index contributed by atoms with van der Waals surface area (Å²) >= 11 is 1.86. The second kappa shape index (κ2) is 4.61. The second-order valence-corrected chi connectivity index (χ2v) is 7.12. The van der Waals surface area contributed by atoms with Crippen LogP contribution in [0.1, 0.15) is 25.0 Å². The Morgan fingerprint density at radius 3 is 2.58 bits per heavy atom. The van der Waals surface area contributed by atoms with Gasteiger partial charge in [-0.3, -0.25) is 0 Å². The molecule has 0 saturated heterocycles. The smallest absolute Gasteiger partial charge is 0.0626 e. The molecule has 0 amide bonds. The van der Waals surface area contributed by atoms with Gasteiger partial charge in [0.05, 0.1) is 10.4 Å². The van der Waals surface area contributed by atoms with Gasteiger partial charge in [-0.25, -0.2) is 0 Å². The number of nitrogens with zero attached hydrogens (tertiary/aromatic N) is 1. The fraction of sp³-hybridized carbons (Fsp3) is 0.294. The highest BCUT2D eigenvalue weighted by molar-refractivity contribution is 8.01. The molecule has 100 valence electrons. The summed E-state index contributed by atoms with van der Waals surface area (Å²) in [4.78, 5) is 3.48. The van der Waals surface area contributed by atoms with Crippen LogP contribution in [0.4, 0.5) is 5.69 Å². The van der Waals surface area contributed by atoms with Gasteiger partial charge in [-0.05, 0) is 38.0 Å². The fourth-order valence-electron chi connectivity index (χ4n) is 2.47. The van der Waals surface area contributed by atoms with E-state index in [4.69, 9.17) is 0 Å². The maximum Gasteiger partial charge on any atom is 0.0626 e. The Bertz CT molecular complexity index is 581. The summed E-state index contributed by atoms with van der Waals surface area (Å²) in [6.07, 6.45) is 1.82. The molecule has 1 aromatic carbocycles. The monoisotopic (exact) mass is 271 g/mol. The van der Waals surface area contributed by atoms with Gasteiger partial charge >= 0.3 is 0 Å². The normalized spacial score (nSPS) is 17.1. The molecule has 1 aromatic rings. The SMILES string of the molecule is C=CC(=C)c1c(C)ccc2c1N(C)C(=C)C(C)(C)S2. The van der Waals surface area contributed by atoms with E-state index in [9.17, 15) is 0 Å². The molecule has 0 unspecified atom stereocenters. The summed E-state index contributed by atoms with van der Waals surface area (Å²) in [6, 6.07) is 4.35. The molecule has 19 heavy (non-hydrogen) atoms. The molecule has 1 aliphatic heterocycles. The van der Waals surface area contributed by atoms with Crippen LogP contribution in [0.2, 0.25) is 0 Å². The minimum absolute atomic E-state index is 0.0176. The van der Waals surface area contributed by atoms with E-state index in [1.165, 1.54) is 21.7 Å². The van der Waals surface area contributed by atoms with Gasteiger partial charge in [0, 0.05) is 23.2 Å². The lowest BCUT2D eigenvalue weighted by molar-refractivity contribution is 0.777. The van der Waals surface area contributed by atoms with Crippen LogP contribution in [-0.4, -0.2) is 11.8 Å². The molecule has 0 bridgehead atoms. The van der Waals surface area contributed by atoms with Gasteiger partial charge in [0.15, 0.2) is 0 Å². The molecule has 0 spiro atoms. The van der Waals surface area contributed by atoms with E-state index < -0.39 is 0 Å². The molecule has 0 aromatic heterocycles. The van der Waals surface area contributed by atoms with Gasteiger partial charge in [-0.2, -0.15) is 0 Å². The maximum absolute atomic E-state index is 4.25. The van der Waals surface area contributed by atoms with Crippen molar-refractivity contribution in [3.63, 3.8) is 0 Å². The Morgan fingerprint density at radius 2 is 2.00 bits per heavy atom. The number of allylic oxidation sites excluding steroid dienone is 2. The fourth-order valence-corrected chi connectivity index (χ4v) is 3.74. The van der Waals surface area contributed by atoms with Gasteiger partial charge in [0.25, 0.3) is 0 Å². The first-order valence-corrected chi connectivity index (χ1v) is 7.18. The van der Waals surface area contributed by atoms with Crippen LogP contribution in [0.5, 0.6) is 0 Å². The average molecular weight is 271 g/mol. The van der Waals surface area contributed by atoms with Gasteiger partial charge in [-0.1, -0.05) is 31.9 Å². The Balaban J connectivity index is 2.73. The summed E-state index contributed by atoms with van der Waals surface area (Å²) in [7, 11) is 2.09. The van der Waals surface area contributed by atoms with Crippen molar-refractivity contribution in [3.05, 3.63) is 54.8 Å². The number of thioether (sulfide) groups is 1. The third kappa shape index (κ3) is 2.14. The van der Waals surface area contributed by atoms with Crippen molar-refractivity contribution >= 4 is 23.0 Å². The van der Waals surface area contributed by atoms with Gasteiger partial charge in [-0.15, -0.1) is 11.8 Å². The lowest BCUT2D eigenvalue weighted by Crippen LogP contribution is -2.35. The van der Waals surface area contributed by atoms with Crippen LogP contribution in [-0.2, 0) is 0 Å². The van der Waals surface area contributed by atoms with Crippen molar-refractivity contribution in [3.8, 4) is 0 Å². The number of fused-ring (bicyclic) bond motifs is 1. The predicted octanol–water partition coefficient (Wildman–Crippen LogP) is 5.03. The van der Waals surface area contributed by atoms with Crippen LogP contribution in [0.15, 0.2) is 48.5 Å². The van der Waals surface area contributed by atoms with Gasteiger partial charge < -0.3 is 4.90 Å². The van der Waals surface area contributed by atoms with Crippen LogP contribution in [0.25, 0.3) is 5.57 Å². The lowest BCUT2D eigenvalue weighted by atomic mass is 9.97. The molecule has 0 radical (unpaired) electrons. The van der Waals surface area contributed by atoms with Crippen molar-refractivity contribution in [1.29, 1.82) is 0 Å². The first-order valence-electron chi connectivity index (χ1n) is 6.37. The van der Waals surface area contributed by atoms with Crippen LogP contribution in [0.3, 0.4) is 0 Å². The summed E-state index contributed by atoms with van der Waals surface area (Å²) in [5.74, 6) is 0. The predicted molar refractivity (Wildman–Crippen MR) is 87.9 cm³/mol. The number of aryl methyl sites for hydroxylation is 1. The van der Waals surface area contributed by atoms with Crippen LogP contribution >= 0.6 is 11.8 Å². The number of anilines is 1. The molecule has 0 saturated carbocycles. The maximum atomic E-state index is 4.25. The van der Waals surface area contributed by atoms with Crippen molar-refractivity contribution < 1.29 is 0 Å². The molecule has 1 aliphatic rings. The molecule has 0 atom stereocenters. The van der Waals surface area contributed by atoms with E-state index in [1.807, 2.05) is 17.8 Å². The zero-order chi connectivity index (χ0) is 14.4. The quantitative estimate of drug-likeness (QED) is 0.694. The number of hydrogen-bond acceptors (Lipinski definition) is 2. The van der Waals surface area contributed by atoms with Gasteiger partial charge in [0.2, 0.25) is 0 Å². The van der Waals surface area contributed by atoms with E-state index in [0.29, 0.717) is 0 Å². The van der Waals surface area contributed by atoms with Crippen molar-refractivity contribution in [2.75, 3.05) is 11.9 Å². The van der Waals surface area contributed by atoms with Crippen molar-refractivity contribution in [1.82, 2.24) is 0 Å². The number of benzene rings is 1. The Morgan fingerprint density at radius 1 is 1.37 bits per heavy atom. The third-order valence-electron chi connectivity index (χ3n) is 3.72. The molecule has 2 rings (SSSR count). The zero-order valence-electron chi connectivity index (χ0n) is 12.2. The minimum Gasteiger partial charge on any atom is -0.346 e. The molecule has 0 aliphatic carbocycles. The average Bonchev–Trinajstić information content (AvgIpc) is 2.36. The highest BCUT2D eigenvalue weighted by Gasteiger charge is 2.34. The van der Waals surface area contributed by atoms with Crippen molar-refractivity contribution in [2.24, 2.45) is 0 Å². The summed E-state index contributed by atoms with van der Waals surface area (Å²) < 4.78 is 0.0176. The Kier molecular flexibility index (Phi) is 3.40. The highest BCUT2D eigenvalue weighted by Crippen LogP contribution is 2.51. The second-order valence-electron chi connectivity index (χ2n) is 5.45.